The van der Waals surface area contributed by atoms with Gasteiger partial charge in [0.15, 0.2) is 17.2 Å². The molecular weight excluding hydrogens is 342 g/mol. The van der Waals surface area contributed by atoms with Crippen LogP contribution >= 0.6 is 11.6 Å². The van der Waals surface area contributed by atoms with E-state index in [-0.39, 0.29) is 5.88 Å². The Kier molecular flexibility index (Phi) is 4.19. The predicted octanol–water partition coefficient (Wildman–Crippen LogP) is 4.97. The molecule has 7 heteroatoms. The number of halogens is 1. The number of benzene rings is 2. The normalized spacial score (nSPS) is 14.1. The number of fused-ring (bicyclic) bond motifs is 2. The number of rotatable bonds is 3. The first kappa shape index (κ1) is 15.8. The fourth-order valence-electron chi connectivity index (χ4n) is 2.73. The second kappa shape index (κ2) is 6.64. The van der Waals surface area contributed by atoms with Crippen LogP contribution in [0.25, 0.3) is 10.9 Å². The topological polar surface area (TPSA) is 79.2 Å². The van der Waals surface area contributed by atoms with Crippen LogP contribution < -0.4 is 9.47 Å². The molecule has 2 heterocycles. The van der Waals surface area contributed by atoms with Crippen LogP contribution in [0.2, 0.25) is 5.02 Å². The minimum absolute atomic E-state index is 0.0435. The van der Waals surface area contributed by atoms with Crippen LogP contribution in [0.5, 0.6) is 17.4 Å². The Morgan fingerprint density at radius 3 is 2.68 bits per heavy atom. The molecule has 0 saturated carbocycles. The highest BCUT2D eigenvalue weighted by molar-refractivity contribution is 6.31. The average Bonchev–Trinajstić information content (AvgIpc) is 2.77. The van der Waals surface area contributed by atoms with E-state index in [0.717, 1.165) is 17.4 Å². The molecule has 4 rings (SSSR count). The van der Waals surface area contributed by atoms with Gasteiger partial charge >= 0.3 is 0 Å². The smallest absolute Gasteiger partial charge is 0.218 e. The van der Waals surface area contributed by atoms with Crippen LogP contribution in [-0.2, 0) is 6.54 Å². The zero-order valence-electron chi connectivity index (χ0n) is 13.3. The van der Waals surface area contributed by atoms with E-state index in [4.69, 9.17) is 21.1 Å². The summed E-state index contributed by atoms with van der Waals surface area (Å²) in [5.41, 5.74) is 1.96. The fourth-order valence-corrected chi connectivity index (χ4v) is 2.93. The molecule has 0 spiro atoms. The molecule has 0 amide bonds. The lowest BCUT2D eigenvalue weighted by atomic mass is 10.2. The van der Waals surface area contributed by atoms with Gasteiger partial charge in [-0.25, -0.2) is 0 Å². The van der Waals surface area contributed by atoms with Crippen molar-refractivity contribution >= 4 is 28.2 Å². The Labute approximate surface area is 149 Å². The number of ether oxygens (including phenoxy) is 2. The van der Waals surface area contributed by atoms with E-state index in [1.807, 2.05) is 36.4 Å². The third-order valence-electron chi connectivity index (χ3n) is 3.99. The summed E-state index contributed by atoms with van der Waals surface area (Å²) >= 11 is 6.12. The van der Waals surface area contributed by atoms with Crippen LogP contribution in [0.15, 0.2) is 46.6 Å². The van der Waals surface area contributed by atoms with Crippen LogP contribution in [0, 0.1) is 0 Å². The molecule has 1 aliphatic rings. The molecule has 6 nitrogen and oxygen atoms in total. The van der Waals surface area contributed by atoms with Crippen LogP contribution in [0.1, 0.15) is 12.0 Å². The van der Waals surface area contributed by atoms with Gasteiger partial charge in [-0.05, 0) is 17.7 Å². The molecule has 25 heavy (non-hydrogen) atoms. The third kappa shape index (κ3) is 3.13. The molecule has 3 aromatic rings. The number of hydrogen-bond acceptors (Lipinski definition) is 5. The number of hydrogen-bond donors (Lipinski definition) is 2. The molecule has 0 atom stereocenters. The number of aromatic nitrogens is 1. The second-order valence-electron chi connectivity index (χ2n) is 5.71. The SMILES string of the molecule is Oc1[nH]c2cc3c(cc2c1N=NCc1ccccc1Cl)OCCCO3. The molecule has 0 bridgehead atoms. The third-order valence-corrected chi connectivity index (χ3v) is 4.36. The van der Waals surface area contributed by atoms with Crippen molar-refractivity contribution < 1.29 is 14.6 Å². The first-order valence-electron chi connectivity index (χ1n) is 7.97. The van der Waals surface area contributed by atoms with E-state index in [9.17, 15) is 5.11 Å². The minimum atomic E-state index is -0.0435. The molecular formula is C18H16ClN3O3. The van der Waals surface area contributed by atoms with Crippen molar-refractivity contribution in [2.75, 3.05) is 13.2 Å². The molecule has 0 saturated heterocycles. The second-order valence-corrected chi connectivity index (χ2v) is 6.12. The summed E-state index contributed by atoms with van der Waals surface area (Å²) < 4.78 is 11.4. The zero-order chi connectivity index (χ0) is 17.2. The summed E-state index contributed by atoms with van der Waals surface area (Å²) in [6.07, 6.45) is 0.832. The number of azo groups is 1. The quantitative estimate of drug-likeness (QED) is 0.649. The Morgan fingerprint density at radius 1 is 1.12 bits per heavy atom. The molecule has 128 valence electrons. The Morgan fingerprint density at radius 2 is 1.88 bits per heavy atom. The summed E-state index contributed by atoms with van der Waals surface area (Å²) in [6, 6.07) is 11.1. The van der Waals surface area contributed by atoms with Crippen LogP contribution in [0.4, 0.5) is 5.69 Å². The van der Waals surface area contributed by atoms with Crippen LogP contribution in [-0.4, -0.2) is 23.3 Å². The first-order valence-corrected chi connectivity index (χ1v) is 8.35. The predicted molar refractivity (Wildman–Crippen MR) is 95.2 cm³/mol. The van der Waals surface area contributed by atoms with E-state index in [2.05, 4.69) is 15.2 Å². The van der Waals surface area contributed by atoms with Crippen molar-refractivity contribution in [3.05, 3.63) is 47.0 Å². The fraction of sp³-hybridized carbons (Fsp3) is 0.222. The Bertz CT molecular complexity index is 952. The highest BCUT2D eigenvalue weighted by atomic mass is 35.5. The van der Waals surface area contributed by atoms with Gasteiger partial charge in [-0.3, -0.25) is 0 Å². The van der Waals surface area contributed by atoms with E-state index in [1.54, 1.807) is 0 Å². The molecule has 2 N–H and O–H groups in total. The van der Waals surface area contributed by atoms with Gasteiger partial charge in [0.05, 0.1) is 25.3 Å². The van der Waals surface area contributed by atoms with E-state index < -0.39 is 0 Å². The molecule has 1 aliphatic heterocycles. The van der Waals surface area contributed by atoms with Gasteiger partial charge in [-0.1, -0.05) is 29.8 Å². The highest BCUT2D eigenvalue weighted by Gasteiger charge is 2.17. The van der Waals surface area contributed by atoms with Gasteiger partial charge in [0.2, 0.25) is 5.88 Å². The monoisotopic (exact) mass is 357 g/mol. The van der Waals surface area contributed by atoms with Crippen LogP contribution in [0.3, 0.4) is 0 Å². The molecule has 2 aromatic carbocycles. The molecule has 0 aliphatic carbocycles. The molecule has 0 unspecified atom stereocenters. The maximum atomic E-state index is 10.2. The summed E-state index contributed by atoms with van der Waals surface area (Å²) in [5.74, 6) is 1.26. The highest BCUT2D eigenvalue weighted by Crippen LogP contribution is 2.42. The van der Waals surface area contributed by atoms with E-state index in [1.165, 1.54) is 0 Å². The van der Waals surface area contributed by atoms with Crippen molar-refractivity contribution in [1.82, 2.24) is 4.98 Å². The molecule has 0 radical (unpaired) electrons. The minimum Gasteiger partial charge on any atom is -0.493 e. The number of nitrogens with one attached hydrogen (secondary N) is 1. The van der Waals surface area contributed by atoms with Gasteiger partial charge < -0.3 is 19.6 Å². The lowest BCUT2D eigenvalue weighted by Gasteiger charge is -2.06. The first-order chi connectivity index (χ1) is 12.2. The van der Waals surface area contributed by atoms with Gasteiger partial charge in [0, 0.05) is 22.9 Å². The summed E-state index contributed by atoms with van der Waals surface area (Å²) in [7, 11) is 0. The number of nitrogens with zero attached hydrogens (tertiary/aromatic N) is 2. The van der Waals surface area contributed by atoms with Crippen molar-refractivity contribution in [2.24, 2.45) is 10.2 Å². The summed E-state index contributed by atoms with van der Waals surface area (Å²) in [5, 5.41) is 19.9. The van der Waals surface area contributed by atoms with Gasteiger partial charge in [0.25, 0.3) is 0 Å². The largest absolute Gasteiger partial charge is 0.493 e. The van der Waals surface area contributed by atoms with Gasteiger partial charge in [0.1, 0.15) is 0 Å². The number of aromatic amines is 1. The van der Waals surface area contributed by atoms with E-state index >= 15 is 0 Å². The summed E-state index contributed by atoms with van der Waals surface area (Å²) in [4.78, 5) is 2.90. The zero-order valence-corrected chi connectivity index (χ0v) is 14.1. The Hall–Kier alpha value is -2.73. The number of H-pyrrole nitrogens is 1. The van der Waals surface area contributed by atoms with Gasteiger partial charge in [-0.15, -0.1) is 5.11 Å². The van der Waals surface area contributed by atoms with Crippen molar-refractivity contribution in [1.29, 1.82) is 0 Å². The van der Waals surface area contributed by atoms with Crippen molar-refractivity contribution in [3.8, 4) is 17.4 Å². The lowest BCUT2D eigenvalue weighted by molar-refractivity contribution is 0.297. The summed E-state index contributed by atoms with van der Waals surface area (Å²) in [6.45, 7) is 1.53. The average molecular weight is 358 g/mol. The van der Waals surface area contributed by atoms with Crippen molar-refractivity contribution in [3.63, 3.8) is 0 Å². The number of aromatic hydroxyl groups is 1. The standard InChI is InChI=1S/C18H16ClN3O3/c19-13-5-2-1-4-11(13)10-20-22-17-12-8-15-16(25-7-3-6-24-15)9-14(12)21-18(17)23/h1-2,4-5,8-9,21,23H,3,6-7,10H2. The van der Waals surface area contributed by atoms with Crippen molar-refractivity contribution in [2.45, 2.75) is 13.0 Å². The Balaban J connectivity index is 1.67. The maximum absolute atomic E-state index is 10.2. The van der Waals surface area contributed by atoms with E-state index in [0.29, 0.717) is 47.5 Å². The lowest BCUT2D eigenvalue weighted by Crippen LogP contribution is -1.97. The maximum Gasteiger partial charge on any atom is 0.218 e. The molecule has 1 aromatic heterocycles. The van der Waals surface area contributed by atoms with Gasteiger partial charge in [-0.2, -0.15) is 5.11 Å². The molecule has 0 fully saturated rings.